The number of nitro benzene ring substituents is 1. The lowest BCUT2D eigenvalue weighted by Crippen LogP contribution is -2.50. The fourth-order valence-corrected chi connectivity index (χ4v) is 4.68. The maximum atomic E-state index is 12.7. The van der Waals surface area contributed by atoms with Crippen LogP contribution in [0, 0.1) is 10.1 Å². The maximum Gasteiger partial charge on any atom is 0.269 e. The van der Waals surface area contributed by atoms with Gasteiger partial charge < -0.3 is 4.90 Å². The Morgan fingerprint density at radius 2 is 1.59 bits per heavy atom. The van der Waals surface area contributed by atoms with E-state index >= 15 is 0 Å². The van der Waals surface area contributed by atoms with Gasteiger partial charge in [-0.1, -0.05) is 23.7 Å². The second kappa shape index (κ2) is 8.89. The zero-order valence-corrected chi connectivity index (χ0v) is 17.1. The second-order valence-electron chi connectivity index (χ2n) is 6.66. The van der Waals surface area contributed by atoms with Crippen molar-refractivity contribution in [2.75, 3.05) is 26.2 Å². The third-order valence-electron chi connectivity index (χ3n) is 4.82. The van der Waals surface area contributed by atoms with E-state index in [0.717, 1.165) is 5.56 Å². The summed E-state index contributed by atoms with van der Waals surface area (Å²) in [7, 11) is -3.75. The van der Waals surface area contributed by atoms with Crippen molar-refractivity contribution in [1.82, 2.24) is 9.21 Å². The van der Waals surface area contributed by atoms with Gasteiger partial charge >= 0.3 is 0 Å². The first-order valence-electron chi connectivity index (χ1n) is 9.04. The molecule has 0 spiro atoms. The number of halogens is 1. The average molecular weight is 438 g/mol. The van der Waals surface area contributed by atoms with Crippen LogP contribution in [0.2, 0.25) is 5.02 Å². The van der Waals surface area contributed by atoms with Crippen LogP contribution in [0.15, 0.2) is 53.4 Å². The molecular weight excluding hydrogens is 418 g/mol. The van der Waals surface area contributed by atoms with Crippen molar-refractivity contribution in [3.63, 3.8) is 0 Å². The molecule has 0 saturated carbocycles. The van der Waals surface area contributed by atoms with Crippen LogP contribution in [0.1, 0.15) is 12.0 Å². The van der Waals surface area contributed by atoms with Gasteiger partial charge in [-0.2, -0.15) is 4.31 Å². The molecule has 0 unspecified atom stereocenters. The van der Waals surface area contributed by atoms with E-state index in [4.69, 9.17) is 11.6 Å². The number of rotatable bonds is 6. The summed E-state index contributed by atoms with van der Waals surface area (Å²) in [5.41, 5.74) is 0.849. The highest BCUT2D eigenvalue weighted by atomic mass is 35.5. The first-order valence-corrected chi connectivity index (χ1v) is 10.9. The van der Waals surface area contributed by atoms with Crippen LogP contribution in [-0.4, -0.2) is 54.6 Å². The first-order chi connectivity index (χ1) is 13.8. The number of carbonyl (C=O) groups is 1. The maximum absolute atomic E-state index is 12.7. The average Bonchev–Trinajstić information content (AvgIpc) is 2.73. The summed E-state index contributed by atoms with van der Waals surface area (Å²) < 4.78 is 26.8. The van der Waals surface area contributed by atoms with E-state index in [1.54, 1.807) is 17.0 Å². The summed E-state index contributed by atoms with van der Waals surface area (Å²) in [6, 6.07) is 12.1. The van der Waals surface area contributed by atoms with Crippen LogP contribution in [0.4, 0.5) is 5.69 Å². The Balaban J connectivity index is 1.55. The Hall–Kier alpha value is -2.49. The number of amides is 1. The number of piperazine rings is 1. The molecule has 2 aromatic carbocycles. The molecule has 0 bridgehead atoms. The van der Waals surface area contributed by atoms with Crippen molar-refractivity contribution < 1.29 is 18.1 Å². The summed E-state index contributed by atoms with van der Waals surface area (Å²) in [5.74, 6) is -0.0210. The van der Waals surface area contributed by atoms with E-state index in [1.165, 1.54) is 28.6 Å². The molecule has 2 aromatic rings. The van der Waals surface area contributed by atoms with Gasteiger partial charge in [0.1, 0.15) is 0 Å². The van der Waals surface area contributed by atoms with Crippen LogP contribution in [0.25, 0.3) is 0 Å². The van der Waals surface area contributed by atoms with Crippen molar-refractivity contribution >= 4 is 33.2 Å². The molecular formula is C19H20ClN3O5S. The van der Waals surface area contributed by atoms with E-state index in [2.05, 4.69) is 0 Å². The number of nitro groups is 1. The zero-order valence-electron chi connectivity index (χ0n) is 15.5. The highest BCUT2D eigenvalue weighted by Gasteiger charge is 2.30. The van der Waals surface area contributed by atoms with Crippen LogP contribution in [0.3, 0.4) is 0 Å². The van der Waals surface area contributed by atoms with E-state index in [0.29, 0.717) is 31.0 Å². The predicted molar refractivity (Wildman–Crippen MR) is 108 cm³/mol. The number of carbonyl (C=O) groups excluding carboxylic acids is 1. The predicted octanol–water partition coefficient (Wildman–Crippen LogP) is 2.71. The largest absolute Gasteiger partial charge is 0.340 e. The topological polar surface area (TPSA) is 101 Å². The van der Waals surface area contributed by atoms with Gasteiger partial charge in [-0.05, 0) is 36.2 Å². The molecule has 0 N–H and O–H groups in total. The molecule has 1 aliphatic heterocycles. The van der Waals surface area contributed by atoms with E-state index < -0.39 is 14.9 Å². The number of hydrogen-bond donors (Lipinski definition) is 0. The van der Waals surface area contributed by atoms with E-state index in [9.17, 15) is 23.3 Å². The normalized spacial score (nSPS) is 15.3. The van der Waals surface area contributed by atoms with Crippen molar-refractivity contribution in [3.05, 3.63) is 69.2 Å². The lowest BCUT2D eigenvalue weighted by molar-refractivity contribution is -0.384. The monoisotopic (exact) mass is 437 g/mol. The number of non-ortho nitro benzene ring substituents is 1. The van der Waals surface area contributed by atoms with Gasteiger partial charge in [-0.15, -0.1) is 0 Å². The Bertz CT molecular complexity index is 986. The van der Waals surface area contributed by atoms with Crippen molar-refractivity contribution in [2.24, 2.45) is 0 Å². The Kier molecular flexibility index (Phi) is 6.51. The van der Waals surface area contributed by atoms with Gasteiger partial charge in [0, 0.05) is 49.8 Å². The highest BCUT2D eigenvalue weighted by Crippen LogP contribution is 2.21. The van der Waals surface area contributed by atoms with Crippen molar-refractivity contribution in [2.45, 2.75) is 17.7 Å². The SMILES string of the molecule is O=C(CCc1ccc(Cl)cc1)N1CCN(S(=O)(=O)c2ccc([N+](=O)[O-])cc2)CC1. The van der Waals surface area contributed by atoms with Crippen LogP contribution >= 0.6 is 11.6 Å². The molecule has 3 rings (SSSR count). The van der Waals surface area contributed by atoms with Gasteiger partial charge in [0.15, 0.2) is 0 Å². The number of benzene rings is 2. The molecule has 29 heavy (non-hydrogen) atoms. The number of nitrogens with zero attached hydrogens (tertiary/aromatic N) is 3. The van der Waals surface area contributed by atoms with Crippen LogP contribution in [-0.2, 0) is 21.2 Å². The molecule has 10 heteroatoms. The van der Waals surface area contributed by atoms with Crippen LogP contribution in [0.5, 0.6) is 0 Å². The Morgan fingerprint density at radius 1 is 1.00 bits per heavy atom. The molecule has 154 valence electrons. The molecule has 1 saturated heterocycles. The molecule has 0 aliphatic carbocycles. The number of sulfonamides is 1. The lowest BCUT2D eigenvalue weighted by Gasteiger charge is -2.34. The standard InChI is InChI=1S/C19H20ClN3O5S/c20-16-4-1-15(2-5-16)3-10-19(24)21-11-13-22(14-12-21)29(27,28)18-8-6-17(7-9-18)23(25)26/h1-2,4-9H,3,10-14H2. The molecule has 0 aromatic heterocycles. The van der Waals surface area contributed by atoms with E-state index in [1.807, 2.05) is 12.1 Å². The molecule has 8 nitrogen and oxygen atoms in total. The minimum Gasteiger partial charge on any atom is -0.340 e. The minimum absolute atomic E-state index is 0.00520. The fraction of sp³-hybridized carbons (Fsp3) is 0.316. The van der Waals surface area contributed by atoms with Crippen molar-refractivity contribution in [1.29, 1.82) is 0 Å². The second-order valence-corrected chi connectivity index (χ2v) is 9.04. The fourth-order valence-electron chi connectivity index (χ4n) is 3.13. The molecule has 0 radical (unpaired) electrons. The van der Waals surface area contributed by atoms with Gasteiger partial charge in [0.05, 0.1) is 9.82 Å². The summed E-state index contributed by atoms with van der Waals surface area (Å²) in [5, 5.41) is 11.4. The van der Waals surface area contributed by atoms with Crippen LogP contribution < -0.4 is 0 Å². The summed E-state index contributed by atoms with van der Waals surface area (Å²) >= 11 is 5.85. The minimum atomic E-state index is -3.75. The third-order valence-corrected chi connectivity index (χ3v) is 6.98. The molecule has 1 fully saturated rings. The van der Waals surface area contributed by atoms with Gasteiger partial charge in [-0.25, -0.2) is 8.42 Å². The summed E-state index contributed by atoms with van der Waals surface area (Å²) in [4.78, 5) is 24.2. The lowest BCUT2D eigenvalue weighted by atomic mass is 10.1. The first kappa shape index (κ1) is 21.2. The smallest absolute Gasteiger partial charge is 0.269 e. The number of hydrogen-bond acceptors (Lipinski definition) is 5. The zero-order chi connectivity index (χ0) is 21.0. The Morgan fingerprint density at radius 3 is 2.14 bits per heavy atom. The van der Waals surface area contributed by atoms with Gasteiger partial charge in [0.25, 0.3) is 5.69 Å². The van der Waals surface area contributed by atoms with Gasteiger partial charge in [-0.3, -0.25) is 14.9 Å². The molecule has 1 amide bonds. The quantitative estimate of drug-likeness (QED) is 0.510. The Labute approximate surface area is 173 Å². The van der Waals surface area contributed by atoms with Crippen molar-refractivity contribution in [3.8, 4) is 0 Å². The van der Waals surface area contributed by atoms with E-state index in [-0.39, 0.29) is 29.6 Å². The number of aryl methyl sites for hydroxylation is 1. The summed E-state index contributed by atoms with van der Waals surface area (Å²) in [6.45, 7) is 0.995. The summed E-state index contributed by atoms with van der Waals surface area (Å²) in [6.07, 6.45) is 0.939. The highest BCUT2D eigenvalue weighted by molar-refractivity contribution is 7.89. The third kappa shape index (κ3) is 5.11. The van der Waals surface area contributed by atoms with Gasteiger partial charge in [0.2, 0.25) is 15.9 Å². The molecule has 0 atom stereocenters. The molecule has 1 heterocycles. The molecule has 1 aliphatic rings.